The van der Waals surface area contributed by atoms with Gasteiger partial charge in [0.1, 0.15) is 16.4 Å². The summed E-state index contributed by atoms with van der Waals surface area (Å²) < 4.78 is 27.9. The predicted octanol–water partition coefficient (Wildman–Crippen LogP) is 1.71. The summed E-state index contributed by atoms with van der Waals surface area (Å²) in [5.41, 5.74) is 5.68. The standard InChI is InChI=1S/C12H12N2O3S/c13-11-8-10(6-7-12(11)18(14,15)16)17-9-4-2-1-3-5-9/h1-8H,13H2,(H2,14,15,16). The molecule has 2 aromatic carbocycles. The number of nitrogens with two attached hydrogens (primary N) is 2. The van der Waals surface area contributed by atoms with Gasteiger partial charge in [0.15, 0.2) is 0 Å². The summed E-state index contributed by atoms with van der Waals surface area (Å²) >= 11 is 0. The van der Waals surface area contributed by atoms with E-state index in [0.717, 1.165) is 0 Å². The number of ether oxygens (including phenoxy) is 1. The highest BCUT2D eigenvalue weighted by molar-refractivity contribution is 7.89. The van der Waals surface area contributed by atoms with E-state index in [1.165, 1.54) is 18.2 Å². The molecule has 2 aromatic rings. The van der Waals surface area contributed by atoms with Crippen LogP contribution in [-0.4, -0.2) is 8.42 Å². The highest BCUT2D eigenvalue weighted by Gasteiger charge is 2.12. The third-order valence-corrected chi connectivity index (χ3v) is 3.25. The zero-order valence-electron chi connectivity index (χ0n) is 9.41. The van der Waals surface area contributed by atoms with Gasteiger partial charge in [-0.2, -0.15) is 0 Å². The summed E-state index contributed by atoms with van der Waals surface area (Å²) in [6.45, 7) is 0. The van der Waals surface area contributed by atoms with E-state index in [1.54, 1.807) is 12.1 Å². The summed E-state index contributed by atoms with van der Waals surface area (Å²) in [6, 6.07) is 13.3. The Labute approximate surface area is 105 Å². The SMILES string of the molecule is Nc1cc(Oc2ccccc2)ccc1S(N)(=O)=O. The molecule has 4 N–H and O–H groups in total. The fourth-order valence-electron chi connectivity index (χ4n) is 1.47. The van der Waals surface area contributed by atoms with Crippen molar-refractivity contribution in [3.63, 3.8) is 0 Å². The van der Waals surface area contributed by atoms with Crippen molar-refractivity contribution < 1.29 is 13.2 Å². The Morgan fingerprint density at radius 3 is 2.17 bits per heavy atom. The lowest BCUT2D eigenvalue weighted by Gasteiger charge is -2.08. The zero-order chi connectivity index (χ0) is 13.2. The molecular weight excluding hydrogens is 252 g/mol. The van der Waals surface area contributed by atoms with Crippen LogP contribution in [0.15, 0.2) is 53.4 Å². The predicted molar refractivity (Wildman–Crippen MR) is 68.7 cm³/mol. The van der Waals surface area contributed by atoms with Crippen molar-refractivity contribution in [3.05, 3.63) is 48.5 Å². The van der Waals surface area contributed by atoms with Crippen LogP contribution in [0.2, 0.25) is 0 Å². The topological polar surface area (TPSA) is 95.4 Å². The molecule has 2 rings (SSSR count). The Kier molecular flexibility index (Phi) is 3.22. The summed E-state index contributed by atoms with van der Waals surface area (Å²) in [7, 11) is -3.80. The number of hydrogen-bond donors (Lipinski definition) is 2. The minimum absolute atomic E-state index is 0.0610. The quantitative estimate of drug-likeness (QED) is 0.825. The Balaban J connectivity index is 2.30. The molecule has 0 aromatic heterocycles. The molecule has 94 valence electrons. The largest absolute Gasteiger partial charge is 0.457 e. The average Bonchev–Trinajstić information content (AvgIpc) is 2.28. The lowest BCUT2D eigenvalue weighted by atomic mass is 10.3. The Morgan fingerprint density at radius 2 is 1.61 bits per heavy atom. The smallest absolute Gasteiger partial charge is 0.240 e. The van der Waals surface area contributed by atoms with Crippen LogP contribution in [0.3, 0.4) is 0 Å². The first-order valence-corrected chi connectivity index (χ1v) is 6.67. The van der Waals surface area contributed by atoms with Crippen molar-refractivity contribution in [1.82, 2.24) is 0 Å². The van der Waals surface area contributed by atoms with Gasteiger partial charge >= 0.3 is 0 Å². The molecule has 0 atom stereocenters. The van der Waals surface area contributed by atoms with E-state index >= 15 is 0 Å². The molecule has 0 saturated carbocycles. The average molecular weight is 264 g/mol. The molecule has 0 radical (unpaired) electrons. The van der Waals surface area contributed by atoms with Crippen molar-refractivity contribution in [2.24, 2.45) is 5.14 Å². The molecular formula is C12H12N2O3S. The molecule has 0 aliphatic heterocycles. The molecule has 0 amide bonds. The van der Waals surface area contributed by atoms with E-state index in [2.05, 4.69) is 0 Å². The first-order chi connectivity index (χ1) is 8.47. The summed E-state index contributed by atoms with van der Waals surface area (Å²) in [4.78, 5) is -0.108. The van der Waals surface area contributed by atoms with Crippen molar-refractivity contribution in [1.29, 1.82) is 0 Å². The second kappa shape index (κ2) is 4.67. The molecule has 0 aliphatic carbocycles. The van der Waals surface area contributed by atoms with Crippen LogP contribution < -0.4 is 15.6 Å². The van der Waals surface area contributed by atoms with Gasteiger partial charge in [-0.05, 0) is 24.3 Å². The second-order valence-corrected chi connectivity index (χ2v) is 5.19. The summed E-state index contributed by atoms with van der Waals surface area (Å²) in [6.07, 6.45) is 0. The first kappa shape index (κ1) is 12.4. The van der Waals surface area contributed by atoms with E-state index in [1.807, 2.05) is 18.2 Å². The lowest BCUT2D eigenvalue weighted by Crippen LogP contribution is -2.14. The van der Waals surface area contributed by atoms with Gasteiger partial charge in [0.25, 0.3) is 0 Å². The van der Waals surface area contributed by atoms with Gasteiger partial charge in [0.05, 0.1) is 5.69 Å². The van der Waals surface area contributed by atoms with Crippen molar-refractivity contribution in [3.8, 4) is 11.5 Å². The molecule has 0 fully saturated rings. The highest BCUT2D eigenvalue weighted by Crippen LogP contribution is 2.26. The van der Waals surface area contributed by atoms with E-state index in [-0.39, 0.29) is 10.6 Å². The maximum Gasteiger partial charge on any atom is 0.240 e. The molecule has 18 heavy (non-hydrogen) atoms. The number of hydrogen-bond acceptors (Lipinski definition) is 4. The number of nitrogen functional groups attached to an aromatic ring is 1. The van der Waals surface area contributed by atoms with E-state index in [0.29, 0.717) is 11.5 Å². The van der Waals surface area contributed by atoms with Gasteiger partial charge in [-0.3, -0.25) is 0 Å². The highest BCUT2D eigenvalue weighted by atomic mass is 32.2. The molecule has 0 aliphatic rings. The monoisotopic (exact) mass is 264 g/mol. The van der Waals surface area contributed by atoms with Crippen LogP contribution in [0.5, 0.6) is 11.5 Å². The molecule has 0 unspecified atom stereocenters. The van der Waals surface area contributed by atoms with Gasteiger partial charge in [-0.25, -0.2) is 13.6 Å². The van der Waals surface area contributed by atoms with Crippen molar-refractivity contribution >= 4 is 15.7 Å². The van der Waals surface area contributed by atoms with Crippen LogP contribution in [0.25, 0.3) is 0 Å². The van der Waals surface area contributed by atoms with Crippen LogP contribution in [-0.2, 0) is 10.0 Å². The molecule has 0 spiro atoms. The summed E-state index contributed by atoms with van der Waals surface area (Å²) in [5.74, 6) is 1.09. The van der Waals surface area contributed by atoms with Gasteiger partial charge in [0.2, 0.25) is 10.0 Å². The van der Waals surface area contributed by atoms with Crippen LogP contribution in [0, 0.1) is 0 Å². The third kappa shape index (κ3) is 2.79. The molecule has 0 heterocycles. The zero-order valence-corrected chi connectivity index (χ0v) is 10.2. The van der Waals surface area contributed by atoms with Gasteiger partial charge in [0, 0.05) is 6.07 Å². The maximum absolute atomic E-state index is 11.2. The number of para-hydroxylation sites is 1. The first-order valence-electron chi connectivity index (χ1n) is 5.12. The Hall–Kier alpha value is -2.05. The third-order valence-electron chi connectivity index (χ3n) is 2.27. The number of primary sulfonamides is 1. The van der Waals surface area contributed by atoms with E-state index < -0.39 is 10.0 Å². The normalized spacial score (nSPS) is 11.2. The molecule has 5 nitrogen and oxygen atoms in total. The Morgan fingerprint density at radius 1 is 0.944 bits per heavy atom. The van der Waals surface area contributed by atoms with E-state index in [4.69, 9.17) is 15.6 Å². The molecule has 6 heteroatoms. The second-order valence-electron chi connectivity index (χ2n) is 3.66. The Bertz CT molecular complexity index is 654. The number of anilines is 1. The number of rotatable bonds is 3. The maximum atomic E-state index is 11.2. The molecule has 0 bridgehead atoms. The fourth-order valence-corrected chi connectivity index (χ4v) is 2.12. The molecule has 0 saturated heterocycles. The van der Waals surface area contributed by atoms with E-state index in [9.17, 15) is 8.42 Å². The van der Waals surface area contributed by atoms with Crippen molar-refractivity contribution in [2.75, 3.05) is 5.73 Å². The van der Waals surface area contributed by atoms with Gasteiger partial charge in [-0.15, -0.1) is 0 Å². The summed E-state index contributed by atoms with van der Waals surface area (Å²) in [5, 5.41) is 5.01. The van der Waals surface area contributed by atoms with Gasteiger partial charge < -0.3 is 10.5 Å². The van der Waals surface area contributed by atoms with Crippen LogP contribution >= 0.6 is 0 Å². The van der Waals surface area contributed by atoms with Crippen LogP contribution in [0.4, 0.5) is 5.69 Å². The number of sulfonamides is 1. The minimum atomic E-state index is -3.80. The van der Waals surface area contributed by atoms with Crippen molar-refractivity contribution in [2.45, 2.75) is 4.90 Å². The van der Waals surface area contributed by atoms with Gasteiger partial charge in [-0.1, -0.05) is 18.2 Å². The fraction of sp³-hybridized carbons (Fsp3) is 0. The number of benzene rings is 2. The lowest BCUT2D eigenvalue weighted by molar-refractivity contribution is 0.482. The van der Waals surface area contributed by atoms with Crippen LogP contribution in [0.1, 0.15) is 0 Å². The minimum Gasteiger partial charge on any atom is -0.457 e.